The maximum Gasteiger partial charge on any atom is 0.308 e. The SMILES string of the molecule is COC(=O)[C@H]1CC[C@H](Nc2ccc(C#N)cc2N)CC1. The number of benzene rings is 1. The first-order chi connectivity index (χ1) is 9.63. The number of nitrogens with one attached hydrogen (secondary N) is 1. The van der Waals surface area contributed by atoms with Gasteiger partial charge in [0.25, 0.3) is 0 Å². The fourth-order valence-electron chi connectivity index (χ4n) is 2.62. The highest BCUT2D eigenvalue weighted by Gasteiger charge is 2.26. The largest absolute Gasteiger partial charge is 0.469 e. The third kappa shape index (κ3) is 3.21. The molecule has 0 amide bonds. The first-order valence-corrected chi connectivity index (χ1v) is 6.78. The van der Waals surface area contributed by atoms with Crippen LogP contribution in [0.3, 0.4) is 0 Å². The summed E-state index contributed by atoms with van der Waals surface area (Å²) in [4.78, 5) is 11.5. The van der Waals surface area contributed by atoms with Crippen molar-refractivity contribution in [3.8, 4) is 6.07 Å². The van der Waals surface area contributed by atoms with Crippen LogP contribution in [0.15, 0.2) is 18.2 Å². The van der Waals surface area contributed by atoms with E-state index in [9.17, 15) is 4.79 Å². The molecule has 5 nitrogen and oxygen atoms in total. The van der Waals surface area contributed by atoms with Crippen LogP contribution in [-0.4, -0.2) is 19.1 Å². The first kappa shape index (κ1) is 14.2. The zero-order valence-electron chi connectivity index (χ0n) is 11.6. The average Bonchev–Trinajstić information content (AvgIpc) is 2.49. The van der Waals surface area contributed by atoms with E-state index in [1.165, 1.54) is 7.11 Å². The van der Waals surface area contributed by atoms with Crippen molar-refractivity contribution in [1.29, 1.82) is 5.26 Å². The first-order valence-electron chi connectivity index (χ1n) is 6.78. The molecule has 1 fully saturated rings. The van der Waals surface area contributed by atoms with E-state index in [1.807, 2.05) is 6.07 Å². The minimum atomic E-state index is -0.110. The minimum Gasteiger partial charge on any atom is -0.469 e. The molecule has 1 aliphatic rings. The Balaban J connectivity index is 1.93. The average molecular weight is 273 g/mol. The van der Waals surface area contributed by atoms with Gasteiger partial charge in [0.2, 0.25) is 0 Å². The van der Waals surface area contributed by atoms with Gasteiger partial charge >= 0.3 is 5.97 Å². The zero-order valence-corrected chi connectivity index (χ0v) is 11.6. The van der Waals surface area contributed by atoms with Gasteiger partial charge in [-0.05, 0) is 43.9 Å². The molecule has 0 unspecified atom stereocenters. The number of nitriles is 1. The Bertz CT molecular complexity index is 528. The molecule has 2 rings (SSSR count). The number of hydrogen-bond donors (Lipinski definition) is 2. The number of nitrogens with two attached hydrogens (primary N) is 1. The maximum atomic E-state index is 11.5. The summed E-state index contributed by atoms with van der Waals surface area (Å²) >= 11 is 0. The molecule has 5 heteroatoms. The van der Waals surface area contributed by atoms with Crippen molar-refractivity contribution in [3.63, 3.8) is 0 Å². The van der Waals surface area contributed by atoms with Crippen LogP contribution in [0.25, 0.3) is 0 Å². The normalized spacial score (nSPS) is 21.8. The minimum absolute atomic E-state index is 0.0244. The summed E-state index contributed by atoms with van der Waals surface area (Å²) in [5.74, 6) is -0.0855. The van der Waals surface area contributed by atoms with Crippen molar-refractivity contribution in [2.75, 3.05) is 18.2 Å². The van der Waals surface area contributed by atoms with Gasteiger partial charge in [0, 0.05) is 6.04 Å². The van der Waals surface area contributed by atoms with Gasteiger partial charge in [-0.1, -0.05) is 0 Å². The van der Waals surface area contributed by atoms with Gasteiger partial charge in [-0.15, -0.1) is 0 Å². The van der Waals surface area contributed by atoms with Gasteiger partial charge in [0.1, 0.15) is 0 Å². The van der Waals surface area contributed by atoms with Gasteiger partial charge < -0.3 is 15.8 Å². The summed E-state index contributed by atoms with van der Waals surface area (Å²) in [5.41, 5.74) is 7.92. The predicted molar refractivity (Wildman–Crippen MR) is 77.0 cm³/mol. The van der Waals surface area contributed by atoms with Gasteiger partial charge in [-0.3, -0.25) is 4.79 Å². The van der Waals surface area contributed by atoms with Crippen LogP contribution >= 0.6 is 0 Å². The van der Waals surface area contributed by atoms with Crippen LogP contribution in [0, 0.1) is 17.2 Å². The van der Waals surface area contributed by atoms with Crippen LogP contribution in [0.5, 0.6) is 0 Å². The second-order valence-electron chi connectivity index (χ2n) is 5.13. The second-order valence-corrected chi connectivity index (χ2v) is 5.13. The molecule has 0 heterocycles. The number of rotatable bonds is 3. The van der Waals surface area contributed by atoms with E-state index < -0.39 is 0 Å². The van der Waals surface area contributed by atoms with Crippen molar-refractivity contribution in [1.82, 2.24) is 0 Å². The summed E-state index contributed by atoms with van der Waals surface area (Å²) < 4.78 is 4.78. The molecule has 0 radical (unpaired) electrons. The van der Waals surface area contributed by atoms with E-state index >= 15 is 0 Å². The fraction of sp³-hybridized carbons (Fsp3) is 0.467. The maximum absolute atomic E-state index is 11.5. The smallest absolute Gasteiger partial charge is 0.308 e. The van der Waals surface area contributed by atoms with Crippen LogP contribution in [0.1, 0.15) is 31.2 Å². The molecule has 1 saturated carbocycles. The molecule has 1 aromatic rings. The number of ether oxygens (including phenoxy) is 1. The van der Waals surface area contributed by atoms with Crippen LogP contribution in [-0.2, 0) is 9.53 Å². The van der Waals surface area contributed by atoms with Gasteiger partial charge in [-0.2, -0.15) is 5.26 Å². The molecule has 0 atom stereocenters. The van der Waals surface area contributed by atoms with E-state index in [4.69, 9.17) is 15.7 Å². The van der Waals surface area contributed by atoms with Gasteiger partial charge in [0.05, 0.1) is 36.0 Å². The molecule has 3 N–H and O–H groups in total. The summed E-state index contributed by atoms with van der Waals surface area (Å²) in [5, 5.41) is 12.2. The quantitative estimate of drug-likeness (QED) is 0.651. The van der Waals surface area contributed by atoms with Crippen molar-refractivity contribution in [3.05, 3.63) is 23.8 Å². The van der Waals surface area contributed by atoms with Crippen molar-refractivity contribution < 1.29 is 9.53 Å². The predicted octanol–water partition coefficient (Wildman–Crippen LogP) is 2.28. The van der Waals surface area contributed by atoms with Crippen LogP contribution < -0.4 is 11.1 Å². The number of carbonyl (C=O) groups is 1. The molecule has 0 spiro atoms. The van der Waals surface area contributed by atoms with E-state index in [-0.39, 0.29) is 11.9 Å². The summed E-state index contributed by atoms with van der Waals surface area (Å²) in [6, 6.07) is 7.63. The highest BCUT2D eigenvalue weighted by Crippen LogP contribution is 2.29. The fourth-order valence-corrected chi connectivity index (χ4v) is 2.62. The third-order valence-electron chi connectivity index (χ3n) is 3.80. The third-order valence-corrected chi connectivity index (χ3v) is 3.80. The Morgan fingerprint density at radius 1 is 1.40 bits per heavy atom. The molecular weight excluding hydrogens is 254 g/mol. The molecule has 20 heavy (non-hydrogen) atoms. The van der Waals surface area contributed by atoms with E-state index in [1.54, 1.807) is 12.1 Å². The van der Waals surface area contributed by atoms with Crippen LogP contribution in [0.4, 0.5) is 11.4 Å². The molecular formula is C15H19N3O2. The Kier molecular flexibility index (Phi) is 4.46. The van der Waals surface area contributed by atoms with Crippen molar-refractivity contribution in [2.24, 2.45) is 5.92 Å². The number of anilines is 2. The molecule has 106 valence electrons. The van der Waals surface area contributed by atoms with Crippen molar-refractivity contribution >= 4 is 17.3 Å². The standard InChI is InChI=1S/C15H19N3O2/c1-20-15(19)11-3-5-12(6-4-11)18-14-7-2-10(9-16)8-13(14)17/h2,7-8,11-12,18H,3-6,17H2,1H3/t11-,12-. The zero-order chi connectivity index (χ0) is 14.5. The number of hydrogen-bond acceptors (Lipinski definition) is 5. The lowest BCUT2D eigenvalue weighted by atomic mass is 9.86. The summed E-state index contributed by atoms with van der Waals surface area (Å²) in [6.45, 7) is 0. The van der Waals surface area contributed by atoms with E-state index in [0.29, 0.717) is 17.3 Å². The lowest BCUT2D eigenvalue weighted by molar-refractivity contribution is -0.146. The van der Waals surface area contributed by atoms with Gasteiger partial charge in [-0.25, -0.2) is 0 Å². The molecule has 0 saturated heterocycles. The summed E-state index contributed by atoms with van der Waals surface area (Å²) in [7, 11) is 1.43. The molecule has 0 aromatic heterocycles. The Morgan fingerprint density at radius 2 is 2.10 bits per heavy atom. The highest BCUT2D eigenvalue weighted by molar-refractivity contribution is 5.72. The lowest BCUT2D eigenvalue weighted by Gasteiger charge is -2.28. The molecule has 1 aromatic carbocycles. The Morgan fingerprint density at radius 3 is 2.65 bits per heavy atom. The molecule has 0 bridgehead atoms. The van der Waals surface area contributed by atoms with Crippen molar-refractivity contribution in [2.45, 2.75) is 31.7 Å². The number of methoxy groups -OCH3 is 1. The number of carbonyl (C=O) groups excluding carboxylic acids is 1. The molecule has 0 aliphatic heterocycles. The second kappa shape index (κ2) is 6.29. The number of nitrogens with zero attached hydrogens (tertiary/aromatic N) is 1. The lowest BCUT2D eigenvalue weighted by Crippen LogP contribution is -2.30. The number of esters is 1. The summed E-state index contributed by atoms with van der Waals surface area (Å²) in [6.07, 6.45) is 3.50. The van der Waals surface area contributed by atoms with E-state index in [2.05, 4.69) is 11.4 Å². The topological polar surface area (TPSA) is 88.1 Å². The number of nitrogen functional groups attached to an aromatic ring is 1. The monoisotopic (exact) mass is 273 g/mol. The van der Waals surface area contributed by atoms with E-state index in [0.717, 1.165) is 31.4 Å². The van der Waals surface area contributed by atoms with Gasteiger partial charge in [0.15, 0.2) is 0 Å². The Hall–Kier alpha value is -2.22. The highest BCUT2D eigenvalue weighted by atomic mass is 16.5. The molecule has 1 aliphatic carbocycles. The van der Waals surface area contributed by atoms with Crippen LogP contribution in [0.2, 0.25) is 0 Å². The Labute approximate surface area is 118 Å².